The Balaban J connectivity index is 2.79. The molecule has 0 aliphatic rings. The maximum Gasteiger partial charge on any atom is 0.256 e. The van der Waals surface area contributed by atoms with E-state index in [0.717, 1.165) is 16.8 Å². The normalized spacial score (nSPS) is 11.5. The van der Waals surface area contributed by atoms with E-state index in [1.165, 1.54) is 4.90 Å². The number of hydrogen-bond donors (Lipinski definition) is 3. The molecule has 0 aliphatic heterocycles. The Morgan fingerprint density at radius 2 is 1.75 bits per heavy atom. The second kappa shape index (κ2) is 6.13. The fourth-order valence-corrected chi connectivity index (χ4v) is 3.39. The first-order valence-electron chi connectivity index (χ1n) is 6.33. The van der Waals surface area contributed by atoms with Crippen molar-refractivity contribution in [2.45, 2.75) is 4.90 Å². The van der Waals surface area contributed by atoms with Gasteiger partial charge >= 0.3 is 0 Å². The molecular formula is C12H14Cl2N6O3S. The van der Waals surface area contributed by atoms with Crippen LogP contribution in [0.4, 0.5) is 11.6 Å². The topological polar surface area (TPSA) is 150 Å². The zero-order valence-electron chi connectivity index (χ0n) is 12.6. The molecule has 1 heterocycles. The highest BCUT2D eigenvalue weighted by atomic mass is 35.5. The lowest BCUT2D eigenvalue weighted by Gasteiger charge is -2.11. The first kappa shape index (κ1) is 18.3. The zero-order chi connectivity index (χ0) is 18.4. The Morgan fingerprint density at radius 3 is 2.08 bits per heavy atom. The highest BCUT2D eigenvalue weighted by Gasteiger charge is 2.25. The van der Waals surface area contributed by atoms with Gasteiger partial charge in [-0.3, -0.25) is 4.79 Å². The van der Waals surface area contributed by atoms with Gasteiger partial charge in [0.15, 0.2) is 5.82 Å². The number of nitrogens with zero attached hydrogens (tertiary/aromatic N) is 3. The second-order valence-corrected chi connectivity index (χ2v) is 7.41. The zero-order valence-corrected chi connectivity index (χ0v) is 14.9. The van der Waals surface area contributed by atoms with Crippen LogP contribution in [0.5, 0.6) is 0 Å². The molecule has 0 spiro atoms. The molecule has 0 atom stereocenters. The van der Waals surface area contributed by atoms with Crippen LogP contribution in [0.3, 0.4) is 0 Å². The lowest BCUT2D eigenvalue weighted by molar-refractivity contribution is 0.100. The van der Waals surface area contributed by atoms with Gasteiger partial charge in [0.1, 0.15) is 17.1 Å². The number of halogens is 2. The van der Waals surface area contributed by atoms with E-state index in [0.29, 0.717) is 0 Å². The van der Waals surface area contributed by atoms with Gasteiger partial charge in [0.05, 0.1) is 14.9 Å². The second-order valence-electron chi connectivity index (χ2n) is 5.03. The van der Waals surface area contributed by atoms with Gasteiger partial charge in [0, 0.05) is 14.1 Å². The molecule has 0 fully saturated rings. The van der Waals surface area contributed by atoms with E-state index >= 15 is 0 Å². The molecule has 1 amide bonds. The maximum atomic E-state index is 11.6. The fourth-order valence-electron chi connectivity index (χ4n) is 2.05. The van der Waals surface area contributed by atoms with E-state index in [1.54, 1.807) is 14.1 Å². The number of amides is 1. The van der Waals surface area contributed by atoms with Crippen LogP contribution < -0.4 is 21.5 Å². The Hall–Kier alpha value is -2.01. The van der Waals surface area contributed by atoms with Gasteiger partial charge in [-0.15, -0.1) is 5.10 Å². The SMILES string of the molecule is CN(C)c1nn(-c2c(Cl)cc(S(N)(=O)=O)cc2Cl)c(N)c1C(N)=O. The van der Waals surface area contributed by atoms with E-state index in [4.69, 9.17) is 39.8 Å². The molecule has 24 heavy (non-hydrogen) atoms. The van der Waals surface area contributed by atoms with Gasteiger partial charge in [0.25, 0.3) is 5.91 Å². The third-order valence-electron chi connectivity index (χ3n) is 3.10. The summed E-state index contributed by atoms with van der Waals surface area (Å²) in [5, 5.41) is 9.11. The van der Waals surface area contributed by atoms with E-state index < -0.39 is 15.9 Å². The highest BCUT2D eigenvalue weighted by molar-refractivity contribution is 7.89. The third-order valence-corrected chi connectivity index (χ3v) is 4.57. The third kappa shape index (κ3) is 3.13. The largest absolute Gasteiger partial charge is 0.383 e. The Morgan fingerprint density at radius 1 is 1.25 bits per heavy atom. The number of aromatic nitrogens is 2. The molecule has 1 aromatic heterocycles. The summed E-state index contributed by atoms with van der Waals surface area (Å²) in [5.74, 6) is -0.656. The summed E-state index contributed by atoms with van der Waals surface area (Å²) in [5.41, 5.74) is 11.4. The molecule has 9 nitrogen and oxygen atoms in total. The van der Waals surface area contributed by atoms with Crippen molar-refractivity contribution in [2.24, 2.45) is 10.9 Å². The van der Waals surface area contributed by atoms with Crippen LogP contribution in [-0.4, -0.2) is 38.2 Å². The van der Waals surface area contributed by atoms with Crippen molar-refractivity contribution in [3.63, 3.8) is 0 Å². The minimum Gasteiger partial charge on any atom is -0.383 e. The summed E-state index contributed by atoms with van der Waals surface area (Å²) in [7, 11) is -0.709. The first-order chi connectivity index (χ1) is 10.9. The Bertz CT molecular complexity index is 916. The van der Waals surface area contributed by atoms with Crippen molar-refractivity contribution in [2.75, 3.05) is 24.7 Å². The number of primary amides is 1. The molecule has 0 unspecified atom stereocenters. The average Bonchev–Trinajstić information content (AvgIpc) is 2.75. The van der Waals surface area contributed by atoms with Gasteiger partial charge in [-0.2, -0.15) is 0 Å². The van der Waals surface area contributed by atoms with Crippen molar-refractivity contribution in [1.82, 2.24) is 9.78 Å². The average molecular weight is 393 g/mol. The number of nitrogens with two attached hydrogens (primary N) is 3. The number of rotatable bonds is 4. The van der Waals surface area contributed by atoms with Gasteiger partial charge in [-0.05, 0) is 12.1 Å². The smallest absolute Gasteiger partial charge is 0.256 e. The summed E-state index contributed by atoms with van der Waals surface area (Å²) >= 11 is 12.2. The molecular weight excluding hydrogens is 379 g/mol. The number of sulfonamides is 1. The predicted molar refractivity (Wildman–Crippen MR) is 92.2 cm³/mol. The van der Waals surface area contributed by atoms with E-state index in [2.05, 4.69) is 5.10 Å². The molecule has 0 bridgehead atoms. The first-order valence-corrected chi connectivity index (χ1v) is 8.63. The number of carbonyl (C=O) groups excluding carboxylic acids is 1. The van der Waals surface area contributed by atoms with Crippen LogP contribution in [0.2, 0.25) is 10.0 Å². The number of nitrogen functional groups attached to an aromatic ring is 1. The summed E-state index contributed by atoms with van der Waals surface area (Å²) in [6, 6.07) is 2.22. The summed E-state index contributed by atoms with van der Waals surface area (Å²) in [4.78, 5) is 12.9. The van der Waals surface area contributed by atoms with Crippen LogP contribution in [-0.2, 0) is 10.0 Å². The summed E-state index contributed by atoms with van der Waals surface area (Å²) in [6.45, 7) is 0. The molecule has 0 aliphatic carbocycles. The van der Waals surface area contributed by atoms with Crippen molar-refractivity contribution < 1.29 is 13.2 Å². The van der Waals surface area contributed by atoms with Crippen molar-refractivity contribution in [3.8, 4) is 5.69 Å². The maximum absolute atomic E-state index is 11.6. The predicted octanol–water partition coefficient (Wildman–Crippen LogP) is 0.574. The Kier molecular flexibility index (Phi) is 4.68. The molecule has 12 heteroatoms. The van der Waals surface area contributed by atoms with E-state index in [9.17, 15) is 13.2 Å². The number of anilines is 2. The van der Waals surface area contributed by atoms with Crippen LogP contribution in [0, 0.1) is 0 Å². The van der Waals surface area contributed by atoms with Gasteiger partial charge in [-0.1, -0.05) is 23.2 Å². The van der Waals surface area contributed by atoms with Crippen molar-refractivity contribution in [1.29, 1.82) is 0 Å². The summed E-state index contributed by atoms with van der Waals surface area (Å²) in [6.07, 6.45) is 0. The molecule has 6 N–H and O–H groups in total. The molecule has 1 aromatic carbocycles. The lowest BCUT2D eigenvalue weighted by atomic mass is 10.2. The molecule has 0 saturated heterocycles. The standard InChI is InChI=1S/C12H14Cl2N6O3S/c1-19(2)12-8(11(16)21)10(15)20(18-12)9-6(13)3-5(4-7(9)14)24(17,22)23/h3-4H,15H2,1-2H3,(H2,16,21)(H2,17,22,23). The molecule has 130 valence electrons. The molecule has 0 radical (unpaired) electrons. The van der Waals surface area contributed by atoms with Crippen molar-refractivity contribution >= 4 is 50.8 Å². The molecule has 2 aromatic rings. The molecule has 0 saturated carbocycles. The minimum absolute atomic E-state index is 0.0114. The van der Waals surface area contributed by atoms with Crippen LogP contribution in [0.15, 0.2) is 17.0 Å². The monoisotopic (exact) mass is 392 g/mol. The van der Waals surface area contributed by atoms with E-state index in [1.807, 2.05) is 0 Å². The van der Waals surface area contributed by atoms with Crippen molar-refractivity contribution in [3.05, 3.63) is 27.7 Å². The Labute approximate surface area is 147 Å². The summed E-state index contributed by atoms with van der Waals surface area (Å²) < 4.78 is 24.0. The molecule has 2 rings (SSSR count). The van der Waals surface area contributed by atoms with Crippen LogP contribution in [0.1, 0.15) is 10.4 Å². The van der Waals surface area contributed by atoms with E-state index in [-0.39, 0.29) is 37.8 Å². The number of primary sulfonamides is 1. The van der Waals surface area contributed by atoms with Crippen LogP contribution in [0.25, 0.3) is 5.69 Å². The minimum atomic E-state index is -4.00. The number of benzene rings is 1. The van der Waals surface area contributed by atoms with Crippen LogP contribution >= 0.6 is 23.2 Å². The quantitative estimate of drug-likeness (QED) is 0.691. The lowest BCUT2D eigenvalue weighted by Crippen LogP contribution is -2.18. The fraction of sp³-hybridized carbons (Fsp3) is 0.167. The number of hydrogen-bond acceptors (Lipinski definition) is 6. The van der Waals surface area contributed by atoms with Gasteiger partial charge in [0.2, 0.25) is 10.0 Å². The van der Waals surface area contributed by atoms with Gasteiger partial charge < -0.3 is 16.4 Å². The number of carbonyl (C=O) groups is 1. The van der Waals surface area contributed by atoms with Gasteiger partial charge in [-0.25, -0.2) is 18.2 Å². The highest BCUT2D eigenvalue weighted by Crippen LogP contribution is 2.35.